The molecule has 3 atom stereocenters. The van der Waals surface area contributed by atoms with Crippen LogP contribution in [0, 0.1) is 17.8 Å². The van der Waals surface area contributed by atoms with E-state index >= 15 is 0 Å². The molecule has 8 rings (SSSR count). The molecule has 0 radical (unpaired) electrons. The number of fused-ring (bicyclic) bond motifs is 2. The topological polar surface area (TPSA) is 96.4 Å². The van der Waals surface area contributed by atoms with Crippen molar-refractivity contribution in [2.45, 2.75) is 70.9 Å². The Kier molecular flexibility index (Phi) is 9.25. The van der Waals surface area contributed by atoms with Gasteiger partial charge in [-0.2, -0.15) is 0 Å². The fourth-order valence-electron chi connectivity index (χ4n) is 9.55. The number of rotatable bonds is 7. The Morgan fingerprint density at radius 3 is 2.22 bits per heavy atom. The quantitative estimate of drug-likeness (QED) is 0.315. The highest BCUT2D eigenvalue weighted by molar-refractivity contribution is 6.05. The van der Waals surface area contributed by atoms with E-state index in [9.17, 15) is 19.5 Å². The van der Waals surface area contributed by atoms with E-state index in [4.69, 9.17) is 0 Å². The molecule has 3 aromatic carbocycles. The molecule has 9 heteroatoms. The first-order valence-corrected chi connectivity index (χ1v) is 19.1. The van der Waals surface area contributed by atoms with E-state index in [1.165, 1.54) is 35.2 Å². The van der Waals surface area contributed by atoms with Gasteiger partial charge in [0.2, 0.25) is 11.8 Å². The normalized spacial score (nSPS) is 24.6. The van der Waals surface area contributed by atoms with E-state index in [1.54, 1.807) is 4.90 Å². The molecule has 2 N–H and O–H groups in total. The molecule has 3 fully saturated rings. The molecule has 0 unspecified atom stereocenters. The Labute approximate surface area is 301 Å². The van der Waals surface area contributed by atoms with E-state index in [2.05, 4.69) is 70.3 Å². The van der Waals surface area contributed by atoms with E-state index < -0.39 is 6.04 Å². The van der Waals surface area contributed by atoms with Gasteiger partial charge in [0.1, 0.15) is 11.8 Å². The molecule has 4 aliphatic heterocycles. The Morgan fingerprint density at radius 1 is 0.765 bits per heavy atom. The number of phenolic OH excluding ortho intramolecular Hbond substituents is 1. The van der Waals surface area contributed by atoms with Crippen LogP contribution in [0.15, 0.2) is 60.7 Å². The molecule has 0 aromatic heterocycles. The van der Waals surface area contributed by atoms with Crippen LogP contribution >= 0.6 is 0 Å². The number of phenols is 1. The summed E-state index contributed by atoms with van der Waals surface area (Å²) in [4.78, 5) is 46.4. The van der Waals surface area contributed by atoms with Crippen LogP contribution in [0.5, 0.6) is 5.75 Å². The number of aryl methyl sites for hydroxylation is 1. The maximum atomic E-state index is 13.1. The third kappa shape index (κ3) is 6.73. The number of hydrogen-bond acceptors (Lipinski definition) is 7. The molecule has 4 heterocycles. The first kappa shape index (κ1) is 33.8. The molecule has 3 saturated heterocycles. The zero-order valence-electron chi connectivity index (χ0n) is 30.0. The van der Waals surface area contributed by atoms with Crippen LogP contribution in [0.3, 0.4) is 0 Å². The second-order valence-electron chi connectivity index (χ2n) is 15.9. The molecular formula is C42H51N5O4. The third-order valence-electron chi connectivity index (χ3n) is 12.5. The summed E-state index contributed by atoms with van der Waals surface area (Å²) < 4.78 is 0. The largest absolute Gasteiger partial charge is 0.508 e. The van der Waals surface area contributed by atoms with Gasteiger partial charge in [0.05, 0.1) is 0 Å². The number of nitrogens with one attached hydrogen (secondary N) is 1. The average molecular weight is 690 g/mol. The van der Waals surface area contributed by atoms with Crippen molar-refractivity contribution in [3.8, 4) is 5.75 Å². The number of aromatic hydroxyl groups is 1. The lowest BCUT2D eigenvalue weighted by molar-refractivity contribution is -0.136. The summed E-state index contributed by atoms with van der Waals surface area (Å²) in [5, 5.41) is 12.5. The fourth-order valence-corrected chi connectivity index (χ4v) is 9.55. The van der Waals surface area contributed by atoms with Gasteiger partial charge in [-0.1, -0.05) is 32.0 Å². The van der Waals surface area contributed by atoms with Crippen molar-refractivity contribution in [1.82, 2.24) is 15.1 Å². The van der Waals surface area contributed by atoms with Crippen molar-refractivity contribution in [1.29, 1.82) is 0 Å². The molecule has 1 aliphatic carbocycles. The Morgan fingerprint density at radius 2 is 1.49 bits per heavy atom. The molecule has 51 heavy (non-hydrogen) atoms. The molecular weight excluding hydrogens is 638 g/mol. The first-order chi connectivity index (χ1) is 24.7. The van der Waals surface area contributed by atoms with Gasteiger partial charge >= 0.3 is 0 Å². The Bertz CT molecular complexity index is 1790. The average Bonchev–Trinajstić information content (AvgIpc) is 3.46. The lowest BCUT2D eigenvalue weighted by atomic mass is 9.68. The van der Waals surface area contributed by atoms with Gasteiger partial charge in [0, 0.05) is 81.6 Å². The molecule has 0 spiro atoms. The molecule has 3 amide bonds. The lowest BCUT2D eigenvalue weighted by Crippen LogP contribution is -2.52. The van der Waals surface area contributed by atoms with Crippen molar-refractivity contribution >= 4 is 29.1 Å². The fraction of sp³-hybridized carbons (Fsp3) is 0.500. The van der Waals surface area contributed by atoms with Crippen molar-refractivity contribution in [3.05, 3.63) is 88.5 Å². The van der Waals surface area contributed by atoms with Crippen LogP contribution in [-0.4, -0.2) is 84.5 Å². The Hall–Kier alpha value is -4.37. The van der Waals surface area contributed by atoms with E-state index in [1.807, 2.05) is 24.3 Å². The highest BCUT2D eigenvalue weighted by Gasteiger charge is 2.39. The van der Waals surface area contributed by atoms with Crippen molar-refractivity contribution < 1.29 is 19.5 Å². The number of benzene rings is 3. The van der Waals surface area contributed by atoms with E-state index in [0.717, 1.165) is 69.9 Å². The number of imide groups is 1. The summed E-state index contributed by atoms with van der Waals surface area (Å²) in [6, 6.07) is 20.9. The number of piperidine rings is 2. The number of anilines is 2. The first-order valence-electron chi connectivity index (χ1n) is 19.1. The number of nitrogens with zero attached hydrogens (tertiary/aromatic N) is 4. The van der Waals surface area contributed by atoms with Gasteiger partial charge in [0.15, 0.2) is 0 Å². The number of piperazine rings is 1. The van der Waals surface area contributed by atoms with Gasteiger partial charge in [0.25, 0.3) is 5.91 Å². The van der Waals surface area contributed by atoms with Crippen LogP contribution in [0.1, 0.15) is 84.5 Å². The summed E-state index contributed by atoms with van der Waals surface area (Å²) in [7, 11) is 0. The van der Waals surface area contributed by atoms with E-state index in [0.29, 0.717) is 48.0 Å². The predicted octanol–water partition coefficient (Wildman–Crippen LogP) is 5.54. The number of carbonyl (C=O) groups is 3. The maximum absolute atomic E-state index is 13.1. The molecule has 0 bridgehead atoms. The minimum absolute atomic E-state index is 0.119. The van der Waals surface area contributed by atoms with Gasteiger partial charge in [-0.25, -0.2) is 0 Å². The summed E-state index contributed by atoms with van der Waals surface area (Å²) in [6.45, 7) is 12.4. The van der Waals surface area contributed by atoms with Crippen molar-refractivity contribution in [2.75, 3.05) is 55.6 Å². The number of carbonyl (C=O) groups excluding carboxylic acids is 3. The standard InChI is InChI=1S/C42H51N5O4/c1-27(2)35-10-5-30-24-34(48)9-12-36(30)40(35)29-3-6-32(7-4-29)45-17-15-28(16-18-45)25-44-19-21-46(22-20-44)33-8-11-37-31(23-33)26-47(42(37)51)38-13-14-39(49)43-41(38)50/h3-4,6-9,11-12,23-24,27-28,35,38,40,48H,5,10,13-22,25-26H2,1-2H3,(H,43,49,50)/t35-,38+,40+/m1/s1. The number of hydrogen-bond donors (Lipinski definition) is 2. The van der Waals surface area contributed by atoms with Gasteiger partial charge in [-0.05, 0) is 115 Å². The SMILES string of the molecule is CC(C)[C@H]1CCc2cc(O)ccc2[C@H]1c1ccc(N2CCC(CN3CCN(c4ccc5c(c4)CN([C@H]4CCC(=O)NC4=O)C5=O)CC3)CC2)cc1. The third-order valence-corrected chi connectivity index (χ3v) is 12.5. The summed E-state index contributed by atoms with van der Waals surface area (Å²) in [5.41, 5.74) is 8.16. The monoisotopic (exact) mass is 689 g/mol. The molecule has 3 aromatic rings. The van der Waals surface area contributed by atoms with Crippen LogP contribution in [-0.2, 0) is 22.6 Å². The van der Waals surface area contributed by atoms with Gasteiger partial charge < -0.3 is 19.8 Å². The lowest BCUT2D eigenvalue weighted by Gasteiger charge is -2.40. The number of amides is 3. The predicted molar refractivity (Wildman–Crippen MR) is 199 cm³/mol. The second-order valence-corrected chi connectivity index (χ2v) is 15.9. The molecule has 5 aliphatic rings. The zero-order valence-corrected chi connectivity index (χ0v) is 30.0. The zero-order chi connectivity index (χ0) is 35.2. The van der Waals surface area contributed by atoms with E-state index in [-0.39, 0.29) is 24.1 Å². The van der Waals surface area contributed by atoms with Crippen molar-refractivity contribution in [3.63, 3.8) is 0 Å². The maximum Gasteiger partial charge on any atom is 0.255 e. The summed E-state index contributed by atoms with van der Waals surface area (Å²) in [5.74, 6) is 1.90. The second kappa shape index (κ2) is 14.0. The Balaban J connectivity index is 0.825. The molecule has 268 valence electrons. The molecule has 9 nitrogen and oxygen atoms in total. The smallest absolute Gasteiger partial charge is 0.255 e. The minimum Gasteiger partial charge on any atom is -0.508 e. The van der Waals surface area contributed by atoms with Gasteiger partial charge in [-0.15, -0.1) is 0 Å². The highest BCUT2D eigenvalue weighted by atomic mass is 16.3. The molecule has 0 saturated carbocycles. The van der Waals surface area contributed by atoms with Gasteiger partial charge in [-0.3, -0.25) is 24.6 Å². The van der Waals surface area contributed by atoms with Crippen LogP contribution in [0.4, 0.5) is 11.4 Å². The van der Waals surface area contributed by atoms with Crippen LogP contribution in [0.2, 0.25) is 0 Å². The summed E-state index contributed by atoms with van der Waals surface area (Å²) in [6.07, 6.45) is 5.26. The van der Waals surface area contributed by atoms with Crippen molar-refractivity contribution in [2.24, 2.45) is 17.8 Å². The minimum atomic E-state index is -0.581. The van der Waals surface area contributed by atoms with Crippen LogP contribution < -0.4 is 15.1 Å². The van der Waals surface area contributed by atoms with Crippen LogP contribution in [0.25, 0.3) is 0 Å². The highest BCUT2D eigenvalue weighted by Crippen LogP contribution is 2.45. The summed E-state index contributed by atoms with van der Waals surface area (Å²) >= 11 is 0.